The Morgan fingerprint density at radius 3 is 2.60 bits per heavy atom. The Kier molecular flexibility index (Phi) is 5.39. The second-order valence-corrected chi connectivity index (χ2v) is 5.27. The molecule has 0 fully saturated rings. The van der Waals surface area contributed by atoms with Gasteiger partial charge in [0.25, 0.3) is 0 Å². The van der Waals surface area contributed by atoms with Crippen molar-refractivity contribution in [1.82, 2.24) is 10.2 Å². The van der Waals surface area contributed by atoms with Crippen LogP contribution in [0, 0.1) is 6.92 Å². The van der Waals surface area contributed by atoms with Gasteiger partial charge in [0.2, 0.25) is 0 Å². The van der Waals surface area contributed by atoms with Crippen LogP contribution in [-0.4, -0.2) is 18.5 Å². The Labute approximate surface area is 121 Å². The Bertz CT molecular complexity index is 533. The number of benzene rings is 1. The zero-order chi connectivity index (χ0) is 14.4. The fraction of sp³-hybridized carbons (Fsp3) is 0.412. The van der Waals surface area contributed by atoms with Crippen molar-refractivity contribution in [2.24, 2.45) is 0 Å². The number of furan rings is 1. The summed E-state index contributed by atoms with van der Waals surface area (Å²) in [5.74, 6) is 1.95. The van der Waals surface area contributed by atoms with Gasteiger partial charge in [-0.25, -0.2) is 0 Å². The lowest BCUT2D eigenvalue weighted by atomic mass is 10.1. The first-order valence-electron chi connectivity index (χ1n) is 7.19. The van der Waals surface area contributed by atoms with Gasteiger partial charge in [-0.15, -0.1) is 0 Å². The van der Waals surface area contributed by atoms with Gasteiger partial charge in [0, 0.05) is 13.1 Å². The molecule has 0 aliphatic rings. The number of hydrogen-bond acceptors (Lipinski definition) is 3. The van der Waals surface area contributed by atoms with Gasteiger partial charge < -0.3 is 14.6 Å². The molecule has 3 nitrogen and oxygen atoms in total. The molecule has 1 N–H and O–H groups in total. The quantitative estimate of drug-likeness (QED) is 0.838. The number of rotatable bonds is 7. The average molecular weight is 272 g/mol. The zero-order valence-electron chi connectivity index (χ0n) is 12.6. The van der Waals surface area contributed by atoms with Gasteiger partial charge in [0.05, 0.1) is 6.54 Å². The van der Waals surface area contributed by atoms with Crippen molar-refractivity contribution in [2.45, 2.75) is 33.5 Å². The summed E-state index contributed by atoms with van der Waals surface area (Å²) in [4.78, 5) is 2.30. The number of nitrogens with one attached hydrogen (secondary N) is 1. The molecule has 0 spiro atoms. The molecule has 1 aromatic carbocycles. The van der Waals surface area contributed by atoms with E-state index in [0.717, 1.165) is 37.7 Å². The third kappa shape index (κ3) is 4.51. The molecule has 20 heavy (non-hydrogen) atoms. The fourth-order valence-electron chi connectivity index (χ4n) is 2.17. The summed E-state index contributed by atoms with van der Waals surface area (Å²) in [7, 11) is 2.14. The first-order chi connectivity index (χ1) is 9.67. The molecule has 0 unspecified atom stereocenters. The second kappa shape index (κ2) is 7.27. The van der Waals surface area contributed by atoms with E-state index in [1.807, 2.05) is 19.1 Å². The normalized spacial score (nSPS) is 11.2. The lowest BCUT2D eigenvalue weighted by Gasteiger charge is -2.14. The maximum absolute atomic E-state index is 5.54. The number of aryl methyl sites for hydroxylation is 1. The van der Waals surface area contributed by atoms with Crippen LogP contribution >= 0.6 is 0 Å². The Balaban J connectivity index is 1.84. The van der Waals surface area contributed by atoms with Gasteiger partial charge in [-0.3, -0.25) is 0 Å². The minimum atomic E-state index is 0.771. The lowest BCUT2D eigenvalue weighted by molar-refractivity contribution is 0.345. The summed E-state index contributed by atoms with van der Waals surface area (Å²) >= 11 is 0. The number of hydrogen-bond donors (Lipinski definition) is 1. The molecule has 0 saturated carbocycles. The second-order valence-electron chi connectivity index (χ2n) is 5.27. The van der Waals surface area contributed by atoms with Crippen LogP contribution < -0.4 is 5.32 Å². The maximum atomic E-state index is 5.54. The standard InChI is InChI=1S/C17H24N2O/c1-4-19(3)13-16-7-5-6-15(10-16)11-18-12-17-9-8-14(2)20-17/h5-10,18H,4,11-13H2,1-3H3. The molecule has 0 radical (unpaired) electrons. The fourth-order valence-corrected chi connectivity index (χ4v) is 2.17. The summed E-state index contributed by atoms with van der Waals surface area (Å²) in [5, 5.41) is 3.42. The Morgan fingerprint density at radius 1 is 1.10 bits per heavy atom. The van der Waals surface area contributed by atoms with E-state index >= 15 is 0 Å². The molecule has 108 valence electrons. The van der Waals surface area contributed by atoms with Crippen LogP contribution in [0.15, 0.2) is 40.8 Å². The van der Waals surface area contributed by atoms with Gasteiger partial charge in [-0.2, -0.15) is 0 Å². The summed E-state index contributed by atoms with van der Waals surface area (Å²) in [6.07, 6.45) is 0. The predicted octanol–water partition coefficient (Wildman–Crippen LogP) is 3.33. The summed E-state index contributed by atoms with van der Waals surface area (Å²) in [5.41, 5.74) is 2.68. The van der Waals surface area contributed by atoms with Crippen molar-refractivity contribution in [1.29, 1.82) is 0 Å². The molecule has 0 saturated heterocycles. The monoisotopic (exact) mass is 272 g/mol. The van der Waals surface area contributed by atoms with Crippen molar-refractivity contribution in [3.05, 3.63) is 59.0 Å². The maximum Gasteiger partial charge on any atom is 0.117 e. The molecule has 0 aliphatic heterocycles. The molecule has 1 aromatic heterocycles. The van der Waals surface area contributed by atoms with Gasteiger partial charge in [0.15, 0.2) is 0 Å². The van der Waals surface area contributed by atoms with Crippen LogP contribution in [0.2, 0.25) is 0 Å². The average Bonchev–Trinajstić information content (AvgIpc) is 2.85. The molecule has 0 atom stereocenters. The molecular weight excluding hydrogens is 248 g/mol. The molecule has 2 aromatic rings. The van der Waals surface area contributed by atoms with Crippen LogP contribution in [0.3, 0.4) is 0 Å². The topological polar surface area (TPSA) is 28.4 Å². The summed E-state index contributed by atoms with van der Waals surface area (Å²) in [6, 6.07) is 12.8. The van der Waals surface area contributed by atoms with Gasteiger partial charge in [0.1, 0.15) is 11.5 Å². The van der Waals surface area contributed by atoms with Gasteiger partial charge in [-0.05, 0) is 43.8 Å². The molecule has 0 aliphatic carbocycles. The summed E-state index contributed by atoms with van der Waals surface area (Å²) < 4.78 is 5.54. The van der Waals surface area contributed by atoms with E-state index < -0.39 is 0 Å². The largest absolute Gasteiger partial charge is 0.465 e. The van der Waals surface area contributed by atoms with Gasteiger partial charge >= 0.3 is 0 Å². The summed E-state index contributed by atoms with van der Waals surface area (Å²) in [6.45, 7) is 7.85. The first-order valence-corrected chi connectivity index (χ1v) is 7.19. The van der Waals surface area contributed by atoms with E-state index in [0.29, 0.717) is 0 Å². The molecule has 0 amide bonds. The third-order valence-corrected chi connectivity index (χ3v) is 3.41. The van der Waals surface area contributed by atoms with Crippen molar-refractivity contribution >= 4 is 0 Å². The van der Waals surface area contributed by atoms with E-state index in [9.17, 15) is 0 Å². The highest BCUT2D eigenvalue weighted by molar-refractivity contribution is 5.23. The smallest absolute Gasteiger partial charge is 0.117 e. The van der Waals surface area contributed by atoms with E-state index in [2.05, 4.69) is 48.5 Å². The van der Waals surface area contributed by atoms with Crippen molar-refractivity contribution < 1.29 is 4.42 Å². The van der Waals surface area contributed by atoms with Crippen LogP contribution in [-0.2, 0) is 19.6 Å². The Morgan fingerprint density at radius 2 is 1.90 bits per heavy atom. The molecule has 2 rings (SSSR count). The molecule has 1 heterocycles. The highest BCUT2D eigenvalue weighted by atomic mass is 16.3. The van der Waals surface area contributed by atoms with Crippen LogP contribution in [0.1, 0.15) is 29.6 Å². The highest BCUT2D eigenvalue weighted by Crippen LogP contribution is 2.09. The minimum Gasteiger partial charge on any atom is -0.465 e. The van der Waals surface area contributed by atoms with Crippen LogP contribution in [0.4, 0.5) is 0 Å². The van der Waals surface area contributed by atoms with Crippen LogP contribution in [0.5, 0.6) is 0 Å². The van der Waals surface area contributed by atoms with Crippen molar-refractivity contribution in [2.75, 3.05) is 13.6 Å². The van der Waals surface area contributed by atoms with Crippen LogP contribution in [0.25, 0.3) is 0 Å². The van der Waals surface area contributed by atoms with Crippen molar-refractivity contribution in [3.63, 3.8) is 0 Å². The van der Waals surface area contributed by atoms with E-state index in [1.54, 1.807) is 0 Å². The minimum absolute atomic E-state index is 0.771. The van der Waals surface area contributed by atoms with Gasteiger partial charge in [-0.1, -0.05) is 31.2 Å². The lowest BCUT2D eigenvalue weighted by Crippen LogP contribution is -2.17. The zero-order valence-corrected chi connectivity index (χ0v) is 12.6. The van der Waals surface area contributed by atoms with Crippen molar-refractivity contribution in [3.8, 4) is 0 Å². The van der Waals surface area contributed by atoms with E-state index in [4.69, 9.17) is 4.42 Å². The first kappa shape index (κ1) is 14.8. The molecule has 3 heteroatoms. The predicted molar refractivity (Wildman–Crippen MR) is 82.4 cm³/mol. The molecular formula is C17H24N2O. The molecule has 0 bridgehead atoms. The third-order valence-electron chi connectivity index (χ3n) is 3.41. The van der Waals surface area contributed by atoms with E-state index in [1.165, 1.54) is 11.1 Å². The Hall–Kier alpha value is -1.58. The SMILES string of the molecule is CCN(C)Cc1cccc(CNCc2ccc(C)o2)c1. The number of nitrogens with zero attached hydrogens (tertiary/aromatic N) is 1. The van der Waals surface area contributed by atoms with E-state index in [-0.39, 0.29) is 0 Å². The highest BCUT2D eigenvalue weighted by Gasteiger charge is 2.01.